The highest BCUT2D eigenvalue weighted by atomic mass is 32.1. The highest BCUT2D eigenvalue weighted by Crippen LogP contribution is 2.34. The summed E-state index contributed by atoms with van der Waals surface area (Å²) in [5.41, 5.74) is 1.04. The maximum atomic E-state index is 13.2. The highest BCUT2D eigenvalue weighted by molar-refractivity contribution is 7.10. The molecule has 2 amide bonds. The predicted molar refractivity (Wildman–Crippen MR) is 158 cm³/mol. The first kappa shape index (κ1) is 32.7. The normalized spacial score (nSPS) is 16.1. The van der Waals surface area contributed by atoms with Crippen molar-refractivity contribution in [2.45, 2.75) is 97.8 Å². The number of ether oxygens (including phenoxy) is 1. The number of amides is 2. The van der Waals surface area contributed by atoms with Gasteiger partial charge in [-0.25, -0.2) is 9.97 Å². The Labute approximate surface area is 249 Å². The van der Waals surface area contributed by atoms with E-state index in [4.69, 9.17) is 4.74 Å². The summed E-state index contributed by atoms with van der Waals surface area (Å²) in [7, 11) is 1.80. The van der Waals surface area contributed by atoms with E-state index in [1.54, 1.807) is 24.3 Å². The number of carboxylic acids is 1. The van der Waals surface area contributed by atoms with Crippen LogP contribution in [0.3, 0.4) is 0 Å². The average Bonchev–Trinajstić information content (AvgIpc) is 3.43. The van der Waals surface area contributed by atoms with E-state index in [0.29, 0.717) is 30.2 Å². The Morgan fingerprint density at radius 1 is 1.12 bits per heavy atom. The lowest BCUT2D eigenvalue weighted by Crippen LogP contribution is -2.41. The van der Waals surface area contributed by atoms with Crippen molar-refractivity contribution >= 4 is 46.4 Å². The summed E-state index contributed by atoms with van der Waals surface area (Å²) in [5, 5.41) is 17.2. The van der Waals surface area contributed by atoms with Gasteiger partial charge in [0.25, 0.3) is 5.91 Å². The van der Waals surface area contributed by atoms with Crippen molar-refractivity contribution in [1.82, 2.24) is 20.2 Å². The molecule has 10 nitrogen and oxygen atoms in total. The molecule has 0 radical (unpaired) electrons. The number of hydrogen-bond donors (Lipinski definition) is 2. The molecule has 0 spiro atoms. The van der Waals surface area contributed by atoms with Gasteiger partial charge in [-0.1, -0.05) is 33.6 Å². The van der Waals surface area contributed by atoms with Gasteiger partial charge in [-0.15, -0.1) is 22.7 Å². The van der Waals surface area contributed by atoms with E-state index < -0.39 is 35.9 Å². The second-order valence-electron chi connectivity index (χ2n) is 11.4. The molecule has 1 fully saturated rings. The van der Waals surface area contributed by atoms with Crippen molar-refractivity contribution < 1.29 is 29.0 Å². The third-order valence-electron chi connectivity index (χ3n) is 7.40. The number of aryl methyl sites for hydroxylation is 1. The van der Waals surface area contributed by atoms with E-state index in [1.807, 2.05) is 26.2 Å². The van der Waals surface area contributed by atoms with Gasteiger partial charge in [-0.05, 0) is 31.6 Å². The fourth-order valence-electron chi connectivity index (χ4n) is 4.82. The Morgan fingerprint density at radius 3 is 2.39 bits per heavy atom. The SMILES string of the molecule is CC(=O)O[C@H](CC(C(C)C)N(C)C(=O)CCC1CC1)c1nc(C(=O)N[C@@H](Cc2nc(C)cs2)C[C@H](C)C(=O)O)cs1. The van der Waals surface area contributed by atoms with Gasteiger partial charge in [0.2, 0.25) is 5.91 Å². The first-order valence-electron chi connectivity index (χ1n) is 14.2. The highest BCUT2D eigenvalue weighted by Gasteiger charge is 2.32. The van der Waals surface area contributed by atoms with E-state index in [0.717, 1.165) is 17.1 Å². The summed E-state index contributed by atoms with van der Waals surface area (Å²) < 4.78 is 5.66. The van der Waals surface area contributed by atoms with Gasteiger partial charge < -0.3 is 20.1 Å². The third-order valence-corrected chi connectivity index (χ3v) is 9.33. The quantitative estimate of drug-likeness (QED) is 0.254. The van der Waals surface area contributed by atoms with Crippen molar-refractivity contribution in [2.24, 2.45) is 17.8 Å². The number of rotatable bonds is 16. The van der Waals surface area contributed by atoms with Crippen molar-refractivity contribution in [2.75, 3.05) is 7.05 Å². The van der Waals surface area contributed by atoms with Gasteiger partial charge in [-0.3, -0.25) is 19.2 Å². The molecule has 226 valence electrons. The fourth-order valence-corrected chi connectivity index (χ4v) is 6.51. The third kappa shape index (κ3) is 10.2. The number of carboxylic acid groups (broad SMARTS) is 1. The second kappa shape index (κ2) is 14.9. The van der Waals surface area contributed by atoms with Gasteiger partial charge in [0.05, 0.1) is 10.9 Å². The van der Waals surface area contributed by atoms with Crippen LogP contribution in [0.4, 0.5) is 0 Å². The van der Waals surface area contributed by atoms with Crippen LogP contribution in [0.25, 0.3) is 0 Å². The van der Waals surface area contributed by atoms with Crippen LogP contribution in [0.5, 0.6) is 0 Å². The number of aromatic nitrogens is 2. The lowest BCUT2D eigenvalue weighted by atomic mass is 9.96. The van der Waals surface area contributed by atoms with Crippen molar-refractivity contribution in [3.63, 3.8) is 0 Å². The zero-order chi connectivity index (χ0) is 30.3. The Bertz CT molecular complexity index is 1210. The Morgan fingerprint density at radius 2 is 1.83 bits per heavy atom. The summed E-state index contributed by atoms with van der Waals surface area (Å²) in [4.78, 5) is 60.4. The van der Waals surface area contributed by atoms with Crippen molar-refractivity contribution in [3.8, 4) is 0 Å². The first-order chi connectivity index (χ1) is 19.3. The van der Waals surface area contributed by atoms with Crippen LogP contribution >= 0.6 is 22.7 Å². The molecule has 2 aromatic rings. The van der Waals surface area contributed by atoms with E-state index in [1.165, 1.54) is 42.4 Å². The van der Waals surface area contributed by atoms with Crippen LogP contribution in [-0.2, 0) is 25.5 Å². The molecule has 4 atom stereocenters. The average molecular weight is 607 g/mol. The Hall–Kier alpha value is -2.86. The van der Waals surface area contributed by atoms with E-state index >= 15 is 0 Å². The lowest BCUT2D eigenvalue weighted by Gasteiger charge is -2.33. The number of carbonyl (C=O) groups excluding carboxylic acids is 3. The number of carbonyl (C=O) groups is 4. The van der Waals surface area contributed by atoms with Crippen LogP contribution < -0.4 is 5.32 Å². The van der Waals surface area contributed by atoms with Gasteiger partial charge in [-0.2, -0.15) is 0 Å². The lowest BCUT2D eigenvalue weighted by molar-refractivity contribution is -0.148. The number of hydrogen-bond acceptors (Lipinski definition) is 9. The Kier molecular flexibility index (Phi) is 11.8. The molecule has 2 N–H and O–H groups in total. The molecule has 2 heterocycles. The number of nitrogens with one attached hydrogen (secondary N) is 1. The Balaban J connectivity index is 1.73. The molecule has 0 aromatic carbocycles. The zero-order valence-corrected chi connectivity index (χ0v) is 26.3. The van der Waals surface area contributed by atoms with Crippen LogP contribution in [0.2, 0.25) is 0 Å². The zero-order valence-electron chi connectivity index (χ0n) is 24.7. The molecule has 0 saturated heterocycles. The monoisotopic (exact) mass is 606 g/mol. The minimum Gasteiger partial charge on any atom is -0.481 e. The molecule has 12 heteroatoms. The van der Waals surface area contributed by atoms with E-state index in [2.05, 4.69) is 15.3 Å². The smallest absolute Gasteiger partial charge is 0.306 e. The summed E-state index contributed by atoms with van der Waals surface area (Å²) >= 11 is 2.69. The second-order valence-corrected chi connectivity index (χ2v) is 13.3. The van der Waals surface area contributed by atoms with Gasteiger partial charge >= 0.3 is 11.9 Å². The van der Waals surface area contributed by atoms with Gasteiger partial charge in [0, 0.05) is 61.8 Å². The molecule has 1 saturated carbocycles. The molecule has 1 unspecified atom stereocenters. The van der Waals surface area contributed by atoms with Crippen molar-refractivity contribution in [1.29, 1.82) is 0 Å². The fraction of sp³-hybridized carbons (Fsp3) is 0.655. The van der Waals surface area contributed by atoms with Crippen LogP contribution in [0, 0.1) is 24.7 Å². The molecule has 41 heavy (non-hydrogen) atoms. The topological polar surface area (TPSA) is 139 Å². The first-order valence-corrected chi connectivity index (χ1v) is 15.9. The molecule has 2 aromatic heterocycles. The molecule has 1 aliphatic rings. The van der Waals surface area contributed by atoms with Crippen molar-refractivity contribution in [3.05, 3.63) is 32.2 Å². The van der Waals surface area contributed by atoms with Gasteiger partial charge in [0.1, 0.15) is 10.7 Å². The number of nitrogens with zero attached hydrogens (tertiary/aromatic N) is 3. The van der Waals surface area contributed by atoms with E-state index in [-0.39, 0.29) is 30.0 Å². The molecular formula is C29H42N4O6S2. The molecule has 0 bridgehead atoms. The van der Waals surface area contributed by atoms with E-state index in [9.17, 15) is 24.3 Å². The maximum Gasteiger partial charge on any atom is 0.306 e. The molecule has 0 aliphatic heterocycles. The number of esters is 1. The molecular weight excluding hydrogens is 564 g/mol. The largest absolute Gasteiger partial charge is 0.481 e. The predicted octanol–water partition coefficient (Wildman–Crippen LogP) is 5.03. The summed E-state index contributed by atoms with van der Waals surface area (Å²) in [6.07, 6.45) is 4.10. The summed E-state index contributed by atoms with van der Waals surface area (Å²) in [6.45, 7) is 8.89. The minimum absolute atomic E-state index is 0.0773. The summed E-state index contributed by atoms with van der Waals surface area (Å²) in [5.74, 6) is -1.64. The van der Waals surface area contributed by atoms with Crippen LogP contribution in [0.15, 0.2) is 10.8 Å². The maximum absolute atomic E-state index is 13.2. The molecule has 1 aliphatic carbocycles. The number of aliphatic carboxylic acids is 1. The number of thiazole rings is 2. The van der Waals surface area contributed by atoms with Gasteiger partial charge in [0.15, 0.2) is 6.10 Å². The summed E-state index contributed by atoms with van der Waals surface area (Å²) in [6, 6.07) is -0.634. The van der Waals surface area contributed by atoms with Crippen LogP contribution in [-0.4, -0.2) is 62.9 Å². The van der Waals surface area contributed by atoms with Crippen LogP contribution in [0.1, 0.15) is 98.5 Å². The standard InChI is InChI=1S/C29H42N4O6S2/c1-16(2)23(33(6)26(35)10-9-20-7-8-20)13-24(39-19(5)34)28-32-22(15-41-28)27(36)31-21(11-17(3)29(37)38)12-25-30-18(4)14-40-25/h14-17,20-21,23-24H,7-13H2,1-6H3,(H,31,36)(H,37,38)/t17-,21+,23?,24+/m0/s1. The molecule has 3 rings (SSSR count). The minimum atomic E-state index is -0.935.